The van der Waals surface area contributed by atoms with Crippen LogP contribution in [0.5, 0.6) is 0 Å². The summed E-state index contributed by atoms with van der Waals surface area (Å²) in [4.78, 5) is 47.8. The van der Waals surface area contributed by atoms with Crippen LogP contribution < -0.4 is 11.2 Å². The normalized spacial score (nSPS) is 10.2. The largest absolute Gasteiger partial charge is 0.456 e. The fraction of sp³-hybridized carbons (Fsp3) is 0.143. The molecule has 0 radical (unpaired) electrons. The molecular weight excluding hydrogens is 356 g/mol. The predicted octanol–water partition coefficient (Wildman–Crippen LogP) is 0.725. The van der Waals surface area contributed by atoms with Gasteiger partial charge in [-0.15, -0.1) is 0 Å². The van der Waals surface area contributed by atoms with E-state index >= 15 is 0 Å². The zero-order chi connectivity index (χ0) is 16.1. The first-order valence-corrected chi connectivity index (χ1v) is 6.99. The number of aromatic nitrogens is 2. The predicted molar refractivity (Wildman–Crippen MR) is 80.8 cm³/mol. The number of ketones is 1. The van der Waals surface area contributed by atoms with Crippen molar-refractivity contribution in [2.45, 2.75) is 6.54 Å². The molecule has 7 nitrogen and oxygen atoms in total. The Hall–Kier alpha value is -2.48. The summed E-state index contributed by atoms with van der Waals surface area (Å²) in [5.74, 6) is -1.11. The number of aromatic amines is 1. The van der Waals surface area contributed by atoms with Gasteiger partial charge in [0.15, 0.2) is 12.4 Å². The van der Waals surface area contributed by atoms with Gasteiger partial charge < -0.3 is 4.74 Å². The molecule has 1 N–H and O–H groups in total. The van der Waals surface area contributed by atoms with E-state index in [1.165, 1.54) is 6.20 Å². The molecule has 0 unspecified atom stereocenters. The van der Waals surface area contributed by atoms with Crippen LogP contribution in [0.2, 0.25) is 0 Å². The van der Waals surface area contributed by atoms with Crippen LogP contribution >= 0.6 is 15.9 Å². The summed E-state index contributed by atoms with van der Waals surface area (Å²) in [7, 11) is 0. The van der Waals surface area contributed by atoms with Gasteiger partial charge in [-0.1, -0.05) is 28.1 Å². The first-order valence-electron chi connectivity index (χ1n) is 6.20. The Kier molecular flexibility index (Phi) is 5.05. The maximum absolute atomic E-state index is 11.9. The molecule has 1 aromatic carbocycles. The van der Waals surface area contributed by atoms with Crippen LogP contribution in [-0.2, 0) is 16.1 Å². The number of rotatable bonds is 5. The zero-order valence-electron chi connectivity index (χ0n) is 11.2. The summed E-state index contributed by atoms with van der Waals surface area (Å²) in [6.45, 7) is -0.811. The smallest absolute Gasteiger partial charge is 0.328 e. The van der Waals surface area contributed by atoms with Crippen molar-refractivity contribution < 1.29 is 14.3 Å². The number of esters is 1. The average Bonchev–Trinajstić information content (AvgIpc) is 2.47. The van der Waals surface area contributed by atoms with E-state index < -0.39 is 23.8 Å². The molecule has 0 saturated carbocycles. The molecule has 0 spiro atoms. The van der Waals surface area contributed by atoms with Crippen LogP contribution in [0.1, 0.15) is 10.4 Å². The number of carbonyl (C=O) groups excluding carboxylic acids is 2. The van der Waals surface area contributed by atoms with Crippen molar-refractivity contribution in [1.29, 1.82) is 0 Å². The van der Waals surface area contributed by atoms with Crippen LogP contribution in [0.25, 0.3) is 0 Å². The third kappa shape index (κ3) is 4.26. The number of benzene rings is 1. The lowest BCUT2D eigenvalue weighted by atomic mass is 10.1. The zero-order valence-corrected chi connectivity index (χ0v) is 12.8. The van der Waals surface area contributed by atoms with E-state index in [0.717, 1.165) is 15.1 Å². The Morgan fingerprint density at radius 1 is 1.23 bits per heavy atom. The highest BCUT2D eigenvalue weighted by Crippen LogP contribution is 2.12. The van der Waals surface area contributed by atoms with Crippen molar-refractivity contribution >= 4 is 27.7 Å². The SMILES string of the molecule is O=C(Cn1ccc(=O)[nH]c1=O)OCC(=O)c1cccc(Br)c1. The molecule has 0 aliphatic carbocycles. The summed E-state index contributed by atoms with van der Waals surface area (Å²) in [6.07, 6.45) is 1.18. The molecule has 8 heteroatoms. The first-order chi connectivity index (χ1) is 10.5. The molecule has 0 bridgehead atoms. The molecule has 0 saturated heterocycles. The maximum Gasteiger partial charge on any atom is 0.328 e. The molecule has 0 fully saturated rings. The average molecular weight is 367 g/mol. The Bertz CT molecular complexity index is 824. The lowest BCUT2D eigenvalue weighted by Gasteiger charge is -2.06. The monoisotopic (exact) mass is 366 g/mol. The summed E-state index contributed by atoms with van der Waals surface area (Å²) in [5.41, 5.74) is -0.870. The highest BCUT2D eigenvalue weighted by Gasteiger charge is 2.11. The number of hydrogen-bond acceptors (Lipinski definition) is 5. The second-order valence-electron chi connectivity index (χ2n) is 4.33. The summed E-state index contributed by atoms with van der Waals surface area (Å²) < 4.78 is 6.55. The number of Topliss-reactive ketones (excluding diaryl/α,β-unsaturated/α-hetero) is 1. The third-order valence-electron chi connectivity index (χ3n) is 2.71. The lowest BCUT2D eigenvalue weighted by molar-refractivity contribution is -0.143. The number of H-pyrrole nitrogens is 1. The first kappa shape index (κ1) is 15.9. The molecule has 0 atom stereocenters. The molecule has 1 heterocycles. The minimum absolute atomic E-state index is 0.358. The van der Waals surface area contributed by atoms with Crippen molar-refractivity contribution in [1.82, 2.24) is 9.55 Å². The minimum Gasteiger partial charge on any atom is -0.456 e. The number of halogens is 1. The Balaban J connectivity index is 1.94. The number of ether oxygens (including phenoxy) is 1. The van der Waals surface area contributed by atoms with Crippen LogP contribution in [-0.4, -0.2) is 27.9 Å². The minimum atomic E-state index is -0.752. The van der Waals surface area contributed by atoms with E-state index in [1.54, 1.807) is 24.3 Å². The van der Waals surface area contributed by atoms with E-state index in [-0.39, 0.29) is 12.3 Å². The fourth-order valence-corrected chi connectivity index (χ4v) is 2.04. The number of carbonyl (C=O) groups is 2. The fourth-order valence-electron chi connectivity index (χ4n) is 1.64. The molecule has 0 aliphatic rings. The number of nitrogens with one attached hydrogen (secondary N) is 1. The van der Waals surface area contributed by atoms with Crippen LogP contribution in [0.4, 0.5) is 0 Å². The molecule has 22 heavy (non-hydrogen) atoms. The molecule has 114 valence electrons. The Morgan fingerprint density at radius 2 is 2.00 bits per heavy atom. The maximum atomic E-state index is 11.9. The third-order valence-corrected chi connectivity index (χ3v) is 3.20. The van der Waals surface area contributed by atoms with Gasteiger partial charge in [0, 0.05) is 22.3 Å². The van der Waals surface area contributed by atoms with Gasteiger partial charge in [0.25, 0.3) is 5.56 Å². The topological polar surface area (TPSA) is 98.2 Å². The van der Waals surface area contributed by atoms with Crippen molar-refractivity contribution in [3.8, 4) is 0 Å². The molecule has 1 aromatic heterocycles. The van der Waals surface area contributed by atoms with Crippen molar-refractivity contribution in [3.63, 3.8) is 0 Å². The second-order valence-corrected chi connectivity index (χ2v) is 5.25. The van der Waals surface area contributed by atoms with Crippen LogP contribution in [0.15, 0.2) is 50.6 Å². The Morgan fingerprint density at radius 3 is 2.68 bits per heavy atom. The highest BCUT2D eigenvalue weighted by molar-refractivity contribution is 9.10. The van der Waals surface area contributed by atoms with Gasteiger partial charge in [-0.2, -0.15) is 0 Å². The summed E-state index contributed by atoms with van der Waals surface area (Å²) in [6, 6.07) is 7.79. The lowest BCUT2D eigenvalue weighted by Crippen LogP contribution is -2.31. The Labute approximate surface area is 132 Å². The van der Waals surface area contributed by atoms with Gasteiger partial charge >= 0.3 is 11.7 Å². The quantitative estimate of drug-likeness (QED) is 0.621. The molecule has 0 amide bonds. The van der Waals surface area contributed by atoms with E-state index in [2.05, 4.69) is 15.9 Å². The van der Waals surface area contributed by atoms with Crippen molar-refractivity contribution in [3.05, 3.63) is 67.4 Å². The molecular formula is C14H11BrN2O5. The van der Waals surface area contributed by atoms with Crippen molar-refractivity contribution in [2.75, 3.05) is 6.61 Å². The van der Waals surface area contributed by atoms with Gasteiger partial charge in [-0.3, -0.25) is 23.9 Å². The molecule has 0 aliphatic heterocycles. The van der Waals surface area contributed by atoms with Gasteiger partial charge in [-0.25, -0.2) is 4.79 Å². The summed E-state index contributed by atoms with van der Waals surface area (Å²) >= 11 is 3.24. The van der Waals surface area contributed by atoms with E-state index in [1.807, 2.05) is 4.98 Å². The van der Waals surface area contributed by atoms with Crippen molar-refractivity contribution in [2.24, 2.45) is 0 Å². The van der Waals surface area contributed by atoms with Crippen LogP contribution in [0, 0.1) is 0 Å². The molecule has 2 aromatic rings. The van der Waals surface area contributed by atoms with E-state index in [0.29, 0.717) is 5.56 Å². The van der Waals surface area contributed by atoms with Gasteiger partial charge in [-0.05, 0) is 12.1 Å². The van der Waals surface area contributed by atoms with Crippen LogP contribution in [0.3, 0.4) is 0 Å². The highest BCUT2D eigenvalue weighted by atomic mass is 79.9. The second kappa shape index (κ2) is 6.99. The molecule has 2 rings (SSSR count). The van der Waals surface area contributed by atoms with E-state index in [9.17, 15) is 19.2 Å². The number of hydrogen-bond donors (Lipinski definition) is 1. The van der Waals surface area contributed by atoms with Gasteiger partial charge in [0.1, 0.15) is 6.54 Å². The van der Waals surface area contributed by atoms with Gasteiger partial charge in [0.05, 0.1) is 0 Å². The standard InChI is InChI=1S/C14H11BrN2O5/c15-10-3-1-2-9(6-10)11(18)8-22-13(20)7-17-5-4-12(19)16-14(17)21/h1-6H,7-8H2,(H,16,19,21). The van der Waals surface area contributed by atoms with E-state index in [4.69, 9.17) is 4.74 Å². The van der Waals surface area contributed by atoms with Gasteiger partial charge in [0.2, 0.25) is 0 Å². The number of nitrogens with zero attached hydrogens (tertiary/aromatic N) is 1. The summed E-state index contributed by atoms with van der Waals surface area (Å²) in [5, 5.41) is 0.